The van der Waals surface area contributed by atoms with Gasteiger partial charge in [-0.15, -0.1) is 0 Å². The first-order valence-electron chi connectivity index (χ1n) is 9.11. The van der Waals surface area contributed by atoms with Gasteiger partial charge in [0.15, 0.2) is 0 Å². The largest absolute Gasteiger partial charge is 0.481 e. The summed E-state index contributed by atoms with van der Waals surface area (Å²) in [5.74, 6) is -1.40. The van der Waals surface area contributed by atoms with Crippen molar-refractivity contribution >= 4 is 5.97 Å². The fraction of sp³-hybridized carbons (Fsp3) is 0.409. The SMILES string of the molecule is CCCCOCCCC.O=C(O)C(c1ccccc1)c1ccccc1. The molecular formula is C22H30O3. The highest BCUT2D eigenvalue weighted by molar-refractivity contribution is 5.80. The predicted octanol–water partition coefficient (Wildman–Crippen LogP) is 5.51. The third-order valence-corrected chi connectivity index (χ3v) is 3.80. The zero-order chi connectivity index (χ0) is 18.3. The molecule has 3 heteroatoms. The lowest BCUT2D eigenvalue weighted by Crippen LogP contribution is -2.12. The minimum absolute atomic E-state index is 0.581. The molecule has 0 amide bonds. The Morgan fingerprint density at radius 2 is 1.24 bits per heavy atom. The topological polar surface area (TPSA) is 46.5 Å². The summed E-state index contributed by atoms with van der Waals surface area (Å²) >= 11 is 0. The molecule has 0 aliphatic heterocycles. The number of carboxylic acids is 1. The summed E-state index contributed by atoms with van der Waals surface area (Å²) in [5, 5.41) is 9.28. The van der Waals surface area contributed by atoms with E-state index in [0.29, 0.717) is 0 Å². The van der Waals surface area contributed by atoms with Crippen molar-refractivity contribution in [1.29, 1.82) is 0 Å². The summed E-state index contributed by atoms with van der Waals surface area (Å²) in [6, 6.07) is 18.5. The number of hydrogen-bond donors (Lipinski definition) is 1. The van der Waals surface area contributed by atoms with Gasteiger partial charge in [0.05, 0.1) is 0 Å². The van der Waals surface area contributed by atoms with Gasteiger partial charge in [-0.3, -0.25) is 4.79 Å². The fourth-order valence-electron chi connectivity index (χ4n) is 2.36. The number of aliphatic carboxylic acids is 1. The average molecular weight is 342 g/mol. The molecule has 2 aromatic rings. The quantitative estimate of drug-likeness (QED) is 0.612. The van der Waals surface area contributed by atoms with Gasteiger partial charge in [0, 0.05) is 13.2 Å². The lowest BCUT2D eigenvalue weighted by atomic mass is 9.92. The van der Waals surface area contributed by atoms with Gasteiger partial charge in [-0.25, -0.2) is 0 Å². The molecule has 0 aromatic heterocycles. The van der Waals surface area contributed by atoms with Crippen LogP contribution in [0.3, 0.4) is 0 Å². The Kier molecular flexibility index (Phi) is 11.0. The highest BCUT2D eigenvalue weighted by Gasteiger charge is 2.21. The standard InChI is InChI=1S/C14H12O2.C8H18O/c15-14(16)13(11-7-3-1-4-8-11)12-9-5-2-6-10-12;1-3-5-7-9-8-6-4-2/h1-10,13H,(H,15,16);3-8H2,1-2H3. The van der Waals surface area contributed by atoms with Gasteiger partial charge in [0.25, 0.3) is 0 Å². The van der Waals surface area contributed by atoms with Crippen LogP contribution in [0.15, 0.2) is 60.7 Å². The molecule has 0 spiro atoms. The highest BCUT2D eigenvalue weighted by atomic mass is 16.5. The molecule has 2 rings (SSSR count). The van der Waals surface area contributed by atoms with Crippen LogP contribution in [0, 0.1) is 0 Å². The van der Waals surface area contributed by atoms with Crippen LogP contribution < -0.4 is 0 Å². The van der Waals surface area contributed by atoms with Gasteiger partial charge in [0.2, 0.25) is 0 Å². The minimum Gasteiger partial charge on any atom is -0.481 e. The smallest absolute Gasteiger partial charge is 0.315 e. The molecule has 0 aliphatic carbocycles. The summed E-state index contributed by atoms with van der Waals surface area (Å²) in [5.41, 5.74) is 1.61. The molecule has 0 heterocycles. The van der Waals surface area contributed by atoms with Gasteiger partial charge in [0.1, 0.15) is 5.92 Å². The second kappa shape index (κ2) is 13.2. The van der Waals surface area contributed by atoms with Crippen LogP contribution in [0.1, 0.15) is 56.6 Å². The summed E-state index contributed by atoms with van der Waals surface area (Å²) < 4.78 is 5.31. The van der Waals surface area contributed by atoms with Gasteiger partial charge >= 0.3 is 5.97 Å². The van der Waals surface area contributed by atoms with E-state index in [1.807, 2.05) is 60.7 Å². The van der Waals surface area contributed by atoms with Crippen LogP contribution in [0.4, 0.5) is 0 Å². The first-order valence-corrected chi connectivity index (χ1v) is 9.11. The first-order chi connectivity index (χ1) is 12.2. The van der Waals surface area contributed by atoms with E-state index in [4.69, 9.17) is 4.74 Å². The van der Waals surface area contributed by atoms with Crippen molar-refractivity contribution in [3.05, 3.63) is 71.8 Å². The van der Waals surface area contributed by atoms with Gasteiger partial charge < -0.3 is 9.84 Å². The maximum absolute atomic E-state index is 11.3. The van der Waals surface area contributed by atoms with Crippen molar-refractivity contribution in [3.63, 3.8) is 0 Å². The van der Waals surface area contributed by atoms with Crippen LogP contribution in [0.5, 0.6) is 0 Å². The Hall–Kier alpha value is -2.13. The lowest BCUT2D eigenvalue weighted by Gasteiger charge is -2.12. The van der Waals surface area contributed by atoms with Crippen LogP contribution in [-0.2, 0) is 9.53 Å². The van der Waals surface area contributed by atoms with Crippen molar-refractivity contribution in [2.24, 2.45) is 0 Å². The number of carboxylic acid groups (broad SMARTS) is 1. The number of ether oxygens (including phenoxy) is 1. The molecule has 0 bridgehead atoms. The molecule has 1 N–H and O–H groups in total. The fourth-order valence-corrected chi connectivity index (χ4v) is 2.36. The second-order valence-electron chi connectivity index (χ2n) is 5.91. The van der Waals surface area contributed by atoms with E-state index in [1.54, 1.807) is 0 Å². The number of hydrogen-bond acceptors (Lipinski definition) is 2. The van der Waals surface area contributed by atoms with Gasteiger partial charge in [-0.1, -0.05) is 87.4 Å². The zero-order valence-corrected chi connectivity index (χ0v) is 15.4. The van der Waals surface area contributed by atoms with Gasteiger partial charge in [-0.05, 0) is 24.0 Å². The Labute approximate surface area is 151 Å². The molecular weight excluding hydrogens is 312 g/mol. The number of unbranched alkanes of at least 4 members (excludes halogenated alkanes) is 2. The molecule has 25 heavy (non-hydrogen) atoms. The van der Waals surface area contributed by atoms with Crippen LogP contribution in [0.25, 0.3) is 0 Å². The third-order valence-electron chi connectivity index (χ3n) is 3.80. The summed E-state index contributed by atoms with van der Waals surface area (Å²) in [6.07, 6.45) is 4.91. The van der Waals surface area contributed by atoms with E-state index >= 15 is 0 Å². The summed E-state index contributed by atoms with van der Waals surface area (Å²) in [6.45, 7) is 6.28. The Morgan fingerprint density at radius 3 is 1.56 bits per heavy atom. The molecule has 0 fully saturated rings. The molecule has 136 valence electrons. The molecule has 0 aliphatic rings. The Bertz CT molecular complexity index is 521. The maximum Gasteiger partial charge on any atom is 0.315 e. The summed E-state index contributed by atoms with van der Waals surface area (Å²) in [7, 11) is 0. The Morgan fingerprint density at radius 1 is 0.840 bits per heavy atom. The number of benzene rings is 2. The third kappa shape index (κ3) is 8.50. The normalized spacial score (nSPS) is 10.2. The summed E-state index contributed by atoms with van der Waals surface area (Å²) in [4.78, 5) is 11.3. The van der Waals surface area contributed by atoms with Crippen LogP contribution in [-0.4, -0.2) is 24.3 Å². The van der Waals surface area contributed by atoms with Gasteiger partial charge in [-0.2, -0.15) is 0 Å². The maximum atomic E-state index is 11.3. The molecule has 0 atom stereocenters. The van der Waals surface area contributed by atoms with E-state index in [2.05, 4.69) is 13.8 Å². The van der Waals surface area contributed by atoms with Crippen molar-refractivity contribution in [3.8, 4) is 0 Å². The van der Waals surface area contributed by atoms with Crippen LogP contribution >= 0.6 is 0 Å². The molecule has 3 nitrogen and oxygen atoms in total. The minimum atomic E-state index is -0.822. The Balaban J connectivity index is 0.000000299. The highest BCUT2D eigenvalue weighted by Crippen LogP contribution is 2.24. The van der Waals surface area contributed by atoms with Crippen molar-refractivity contribution in [2.75, 3.05) is 13.2 Å². The number of rotatable bonds is 9. The van der Waals surface area contributed by atoms with Crippen molar-refractivity contribution in [2.45, 2.75) is 45.4 Å². The molecule has 0 unspecified atom stereocenters. The molecule has 2 aromatic carbocycles. The van der Waals surface area contributed by atoms with E-state index in [1.165, 1.54) is 25.7 Å². The zero-order valence-electron chi connectivity index (χ0n) is 15.4. The van der Waals surface area contributed by atoms with Crippen molar-refractivity contribution < 1.29 is 14.6 Å². The lowest BCUT2D eigenvalue weighted by molar-refractivity contribution is -0.137. The molecule has 0 saturated heterocycles. The van der Waals surface area contributed by atoms with E-state index in [9.17, 15) is 9.90 Å². The average Bonchev–Trinajstić information content (AvgIpc) is 2.64. The van der Waals surface area contributed by atoms with E-state index < -0.39 is 11.9 Å². The van der Waals surface area contributed by atoms with Crippen LogP contribution in [0.2, 0.25) is 0 Å². The molecule has 0 radical (unpaired) electrons. The van der Waals surface area contributed by atoms with E-state index in [-0.39, 0.29) is 0 Å². The molecule has 0 saturated carbocycles. The second-order valence-corrected chi connectivity index (χ2v) is 5.91. The number of carbonyl (C=O) groups is 1. The predicted molar refractivity (Wildman–Crippen MR) is 103 cm³/mol. The monoisotopic (exact) mass is 342 g/mol. The first kappa shape index (κ1) is 20.9. The van der Waals surface area contributed by atoms with Crippen molar-refractivity contribution in [1.82, 2.24) is 0 Å². The van der Waals surface area contributed by atoms with E-state index in [0.717, 1.165) is 24.3 Å².